The molecule has 6 nitrogen and oxygen atoms in total. The summed E-state index contributed by atoms with van der Waals surface area (Å²) < 4.78 is 27.6. The van der Waals surface area contributed by atoms with Crippen LogP contribution in [-0.2, 0) is 23.7 Å². The smallest absolute Gasteiger partial charge is 0.190 e. The summed E-state index contributed by atoms with van der Waals surface area (Å²) in [7, 11) is 1.59. The third kappa shape index (κ3) is 3.45. The van der Waals surface area contributed by atoms with Crippen LogP contribution < -0.4 is 0 Å². The van der Waals surface area contributed by atoms with E-state index in [4.69, 9.17) is 23.7 Å². The zero-order valence-electron chi connectivity index (χ0n) is 12.2. The topological polar surface area (TPSA) is 66.4 Å². The molecule has 2 rings (SSSR count). The molecule has 0 unspecified atom stereocenters. The van der Waals surface area contributed by atoms with E-state index in [-0.39, 0.29) is 6.10 Å². The summed E-state index contributed by atoms with van der Waals surface area (Å²) in [6, 6.07) is 0. The second-order valence-electron chi connectivity index (χ2n) is 5.87. The van der Waals surface area contributed by atoms with E-state index in [2.05, 4.69) is 0 Å². The molecule has 0 bridgehead atoms. The van der Waals surface area contributed by atoms with E-state index in [1.165, 1.54) is 0 Å². The van der Waals surface area contributed by atoms with Gasteiger partial charge in [-0.15, -0.1) is 0 Å². The molecule has 2 fully saturated rings. The highest BCUT2D eigenvalue weighted by atomic mass is 16.8. The van der Waals surface area contributed by atoms with Crippen molar-refractivity contribution in [2.24, 2.45) is 0 Å². The summed E-state index contributed by atoms with van der Waals surface area (Å²) in [5, 5.41) is 10.2. The van der Waals surface area contributed by atoms with Crippen LogP contribution >= 0.6 is 0 Å². The highest BCUT2D eigenvalue weighted by Crippen LogP contribution is 2.38. The molecule has 0 amide bonds. The zero-order valence-corrected chi connectivity index (χ0v) is 12.2. The third-order valence-corrected chi connectivity index (χ3v) is 3.46. The predicted molar refractivity (Wildman–Crippen MR) is 66.4 cm³/mol. The van der Waals surface area contributed by atoms with E-state index in [1.807, 2.05) is 13.8 Å². The lowest BCUT2D eigenvalue weighted by Gasteiger charge is -2.26. The molecule has 2 aliphatic rings. The Morgan fingerprint density at radius 2 is 1.95 bits per heavy atom. The molecule has 6 heteroatoms. The molecular weight excluding hydrogens is 252 g/mol. The fourth-order valence-corrected chi connectivity index (χ4v) is 2.28. The molecule has 19 heavy (non-hydrogen) atoms. The van der Waals surface area contributed by atoms with E-state index >= 15 is 0 Å². The van der Waals surface area contributed by atoms with Gasteiger partial charge in [0.25, 0.3) is 0 Å². The van der Waals surface area contributed by atoms with Crippen LogP contribution in [0.4, 0.5) is 0 Å². The Morgan fingerprint density at radius 1 is 1.26 bits per heavy atom. The Balaban J connectivity index is 1.79. The van der Waals surface area contributed by atoms with Gasteiger partial charge in [-0.05, 0) is 34.1 Å². The molecule has 0 aromatic rings. The van der Waals surface area contributed by atoms with Crippen molar-refractivity contribution in [2.75, 3.05) is 13.7 Å². The Bertz CT molecular complexity index is 316. The summed E-state index contributed by atoms with van der Waals surface area (Å²) in [5.41, 5.74) is 0. The van der Waals surface area contributed by atoms with Crippen LogP contribution in [0.25, 0.3) is 0 Å². The molecule has 0 aromatic carbocycles. The van der Waals surface area contributed by atoms with Crippen LogP contribution in [0, 0.1) is 0 Å². The molecule has 0 aliphatic carbocycles. The molecule has 0 radical (unpaired) electrons. The lowest BCUT2D eigenvalue weighted by Crippen LogP contribution is -2.36. The quantitative estimate of drug-likeness (QED) is 0.756. The number of rotatable bonds is 5. The Labute approximate surface area is 113 Å². The molecule has 112 valence electrons. The molecule has 2 aliphatic heterocycles. The number of aliphatic hydroxyl groups excluding tert-OH is 1. The monoisotopic (exact) mass is 276 g/mol. The highest BCUT2D eigenvalue weighted by Gasteiger charge is 2.53. The van der Waals surface area contributed by atoms with Gasteiger partial charge in [-0.25, -0.2) is 0 Å². The Hall–Kier alpha value is -0.240. The van der Waals surface area contributed by atoms with E-state index in [9.17, 15) is 5.11 Å². The van der Waals surface area contributed by atoms with Crippen molar-refractivity contribution in [3.63, 3.8) is 0 Å². The van der Waals surface area contributed by atoms with Gasteiger partial charge < -0.3 is 28.8 Å². The Kier molecular flexibility index (Phi) is 4.21. The van der Waals surface area contributed by atoms with Crippen molar-refractivity contribution in [1.82, 2.24) is 0 Å². The van der Waals surface area contributed by atoms with Gasteiger partial charge in [0.2, 0.25) is 0 Å². The maximum atomic E-state index is 10.2. The summed E-state index contributed by atoms with van der Waals surface area (Å²) in [5.74, 6) is -1.33. The maximum Gasteiger partial charge on any atom is 0.190 e. The first kappa shape index (κ1) is 15.2. The van der Waals surface area contributed by atoms with Crippen molar-refractivity contribution >= 4 is 0 Å². The maximum absolute atomic E-state index is 10.2. The number of aliphatic hydroxyl groups is 1. The van der Waals surface area contributed by atoms with Crippen molar-refractivity contribution in [1.29, 1.82) is 0 Å². The van der Waals surface area contributed by atoms with Crippen LogP contribution in [0.3, 0.4) is 0 Å². The first-order valence-electron chi connectivity index (χ1n) is 6.62. The van der Waals surface area contributed by atoms with Gasteiger partial charge in [0.05, 0.1) is 12.7 Å². The fraction of sp³-hybridized carbons (Fsp3) is 1.00. The number of hydrogen-bond acceptors (Lipinski definition) is 6. The fourth-order valence-electron chi connectivity index (χ4n) is 2.28. The van der Waals surface area contributed by atoms with E-state index < -0.39 is 30.1 Å². The van der Waals surface area contributed by atoms with Gasteiger partial charge in [-0.1, -0.05) is 0 Å². The molecule has 4 atom stereocenters. The number of hydrogen-bond donors (Lipinski definition) is 1. The summed E-state index contributed by atoms with van der Waals surface area (Å²) in [4.78, 5) is 0. The van der Waals surface area contributed by atoms with Gasteiger partial charge >= 0.3 is 0 Å². The molecule has 2 heterocycles. The molecule has 0 saturated carbocycles. The van der Waals surface area contributed by atoms with Crippen molar-refractivity contribution in [3.05, 3.63) is 0 Å². The van der Waals surface area contributed by atoms with E-state index in [0.717, 1.165) is 0 Å². The lowest BCUT2D eigenvalue weighted by atomic mass is 10.1. The summed E-state index contributed by atoms with van der Waals surface area (Å²) >= 11 is 0. The summed E-state index contributed by atoms with van der Waals surface area (Å²) in [6.07, 6.45) is -1.38. The number of fused-ring (bicyclic) bond motifs is 1. The minimum Gasteiger partial charge on any atom is -0.387 e. The predicted octanol–water partition coefficient (Wildman–Crippen LogP) is 1.01. The first-order chi connectivity index (χ1) is 8.74. The van der Waals surface area contributed by atoms with E-state index in [0.29, 0.717) is 13.0 Å². The van der Waals surface area contributed by atoms with Crippen molar-refractivity contribution in [3.8, 4) is 0 Å². The second kappa shape index (κ2) is 5.27. The minimum atomic E-state index is -0.699. The van der Waals surface area contributed by atoms with Crippen LogP contribution in [0.15, 0.2) is 0 Å². The van der Waals surface area contributed by atoms with Crippen LogP contribution in [0.1, 0.15) is 34.1 Å². The average molecular weight is 276 g/mol. The van der Waals surface area contributed by atoms with Gasteiger partial charge in [0, 0.05) is 7.11 Å². The Morgan fingerprint density at radius 3 is 2.53 bits per heavy atom. The van der Waals surface area contributed by atoms with Crippen LogP contribution in [0.5, 0.6) is 0 Å². The highest BCUT2D eigenvalue weighted by molar-refractivity contribution is 4.92. The lowest BCUT2D eigenvalue weighted by molar-refractivity contribution is -0.224. The van der Waals surface area contributed by atoms with Crippen LogP contribution in [0.2, 0.25) is 0 Å². The number of ether oxygens (including phenoxy) is 5. The standard InChI is InChI=1S/C13H24O6/c1-12(2,15-5)16-7-6-8-9(14)10-11(17-8)19-13(3,4)18-10/h8-11,14H,6-7H2,1-5H3/t8-,9+,10-,11-/m1/s1. The SMILES string of the molecule is COC(C)(C)OCC[C@H]1O[C@@H]2OC(C)(C)O[C@@H]2[C@H]1O. The minimum absolute atomic E-state index is 0.334. The second-order valence-corrected chi connectivity index (χ2v) is 5.87. The molecule has 1 N–H and O–H groups in total. The third-order valence-electron chi connectivity index (χ3n) is 3.46. The molecular formula is C13H24O6. The largest absolute Gasteiger partial charge is 0.387 e. The normalized spacial score (nSPS) is 37.6. The number of methoxy groups -OCH3 is 1. The van der Waals surface area contributed by atoms with Crippen molar-refractivity contribution < 1.29 is 28.8 Å². The molecule has 0 spiro atoms. The van der Waals surface area contributed by atoms with Gasteiger partial charge in [-0.3, -0.25) is 0 Å². The average Bonchev–Trinajstić information content (AvgIpc) is 2.74. The molecule has 2 saturated heterocycles. The zero-order chi connectivity index (χ0) is 14.3. The van der Waals surface area contributed by atoms with Gasteiger partial charge in [-0.2, -0.15) is 0 Å². The summed E-state index contributed by atoms with van der Waals surface area (Å²) in [6.45, 7) is 7.72. The molecule has 0 aromatic heterocycles. The van der Waals surface area contributed by atoms with Crippen molar-refractivity contribution in [2.45, 2.75) is 70.3 Å². The first-order valence-corrected chi connectivity index (χ1v) is 6.62. The van der Waals surface area contributed by atoms with E-state index in [1.54, 1.807) is 21.0 Å². The van der Waals surface area contributed by atoms with Crippen LogP contribution in [-0.4, -0.2) is 55.0 Å². The van der Waals surface area contributed by atoms with Gasteiger partial charge in [0.1, 0.15) is 12.2 Å². The van der Waals surface area contributed by atoms with Gasteiger partial charge in [0.15, 0.2) is 17.9 Å².